The van der Waals surface area contributed by atoms with Gasteiger partial charge in [0.1, 0.15) is 5.82 Å². The lowest BCUT2D eigenvalue weighted by atomic mass is 10.1. The zero-order valence-electron chi connectivity index (χ0n) is 18.2. The van der Waals surface area contributed by atoms with Gasteiger partial charge in [-0.15, -0.1) is 0 Å². The van der Waals surface area contributed by atoms with Gasteiger partial charge in [-0.2, -0.15) is 0 Å². The first kappa shape index (κ1) is 23.6. The molecule has 4 N–H and O–H groups in total. The highest BCUT2D eigenvalue weighted by Gasteiger charge is 2.27. The Bertz CT molecular complexity index is 1140. The molecule has 1 amide bonds. The van der Waals surface area contributed by atoms with E-state index in [4.69, 9.17) is 10.5 Å². The lowest BCUT2D eigenvalue weighted by molar-refractivity contribution is -0.117. The van der Waals surface area contributed by atoms with Crippen molar-refractivity contribution in [1.82, 2.24) is 14.5 Å². The average Bonchev–Trinajstić information content (AvgIpc) is 3.02. The molecule has 0 saturated heterocycles. The molecule has 168 valence electrons. The summed E-state index contributed by atoms with van der Waals surface area (Å²) in [5.74, 6) is -1.71. The molecule has 2 aromatic rings. The van der Waals surface area contributed by atoms with E-state index in [1.807, 2.05) is 6.92 Å². The van der Waals surface area contributed by atoms with Crippen molar-refractivity contribution in [2.75, 3.05) is 24.8 Å². The molecule has 0 aliphatic heterocycles. The van der Waals surface area contributed by atoms with Crippen LogP contribution in [-0.4, -0.2) is 46.4 Å². The van der Waals surface area contributed by atoms with Crippen molar-refractivity contribution in [3.63, 3.8) is 0 Å². The van der Waals surface area contributed by atoms with Gasteiger partial charge in [-0.25, -0.2) is 9.59 Å². The highest BCUT2D eigenvalue weighted by Crippen LogP contribution is 2.22. The number of ketones is 1. The zero-order valence-corrected chi connectivity index (χ0v) is 18.2. The Morgan fingerprint density at radius 3 is 2.39 bits per heavy atom. The summed E-state index contributed by atoms with van der Waals surface area (Å²) in [5.41, 5.74) is 5.25. The van der Waals surface area contributed by atoms with Gasteiger partial charge in [0, 0.05) is 26.2 Å². The molecule has 0 bridgehead atoms. The van der Waals surface area contributed by atoms with Crippen molar-refractivity contribution in [3.8, 4) is 0 Å². The summed E-state index contributed by atoms with van der Waals surface area (Å²) >= 11 is 0. The smallest absolute Gasteiger partial charge is 0.339 e. The van der Waals surface area contributed by atoms with E-state index in [1.54, 1.807) is 6.92 Å². The van der Waals surface area contributed by atoms with E-state index in [0.717, 1.165) is 11.3 Å². The number of anilines is 2. The predicted molar refractivity (Wildman–Crippen MR) is 115 cm³/mol. The molecule has 11 nitrogen and oxygen atoms in total. The van der Waals surface area contributed by atoms with Gasteiger partial charge in [-0.05, 0) is 18.9 Å². The molecule has 0 radical (unpaired) electrons. The zero-order chi connectivity index (χ0) is 23.5. The van der Waals surface area contributed by atoms with Crippen LogP contribution in [0.15, 0.2) is 9.59 Å². The summed E-state index contributed by atoms with van der Waals surface area (Å²) in [6, 6.07) is 0. The van der Waals surface area contributed by atoms with Crippen LogP contribution in [0.2, 0.25) is 0 Å². The Kier molecular flexibility index (Phi) is 7.21. The van der Waals surface area contributed by atoms with Crippen LogP contribution in [-0.2, 0) is 22.5 Å². The summed E-state index contributed by atoms with van der Waals surface area (Å²) in [6.45, 7) is 5.13. The number of nitrogens with one attached hydrogen (secondary N) is 2. The topological polar surface area (TPSA) is 160 Å². The summed E-state index contributed by atoms with van der Waals surface area (Å²) in [6.07, 6.45) is 1.13. The molecule has 0 aliphatic rings. The number of ether oxygens (including phenoxy) is 1. The number of nitrogen functional groups attached to an aromatic ring is 1. The number of nitrogens with zero attached hydrogens (tertiary/aromatic N) is 2. The van der Waals surface area contributed by atoms with Crippen molar-refractivity contribution in [3.05, 3.63) is 43.4 Å². The second-order valence-corrected chi connectivity index (χ2v) is 7.15. The fourth-order valence-electron chi connectivity index (χ4n) is 3.36. The second kappa shape index (κ2) is 9.45. The monoisotopic (exact) mass is 433 g/mol. The van der Waals surface area contributed by atoms with E-state index in [0.29, 0.717) is 12.0 Å². The molecule has 2 aromatic heterocycles. The van der Waals surface area contributed by atoms with Gasteiger partial charge in [-0.3, -0.25) is 23.9 Å². The summed E-state index contributed by atoms with van der Waals surface area (Å²) < 4.78 is 5.98. The minimum atomic E-state index is -0.800. The number of hydrogen-bond donors (Lipinski definition) is 3. The minimum Gasteiger partial charge on any atom is -0.465 e. The molecule has 0 aromatic carbocycles. The van der Waals surface area contributed by atoms with E-state index in [1.165, 1.54) is 25.6 Å². The van der Waals surface area contributed by atoms with E-state index in [9.17, 15) is 24.0 Å². The van der Waals surface area contributed by atoms with Crippen LogP contribution < -0.4 is 21.9 Å². The third-order valence-electron chi connectivity index (χ3n) is 5.06. The van der Waals surface area contributed by atoms with Crippen molar-refractivity contribution < 1.29 is 19.1 Å². The lowest BCUT2D eigenvalue weighted by Crippen LogP contribution is -2.40. The maximum atomic E-state index is 13.0. The van der Waals surface area contributed by atoms with Crippen molar-refractivity contribution in [2.24, 2.45) is 0 Å². The number of aromatic amines is 2. The van der Waals surface area contributed by atoms with Gasteiger partial charge < -0.3 is 20.4 Å². The summed E-state index contributed by atoms with van der Waals surface area (Å²) in [5, 5.41) is 0. The number of carbonyl (C=O) groups excluding carboxylic acids is 3. The van der Waals surface area contributed by atoms with E-state index < -0.39 is 23.1 Å². The van der Waals surface area contributed by atoms with Crippen molar-refractivity contribution in [2.45, 2.75) is 46.6 Å². The van der Waals surface area contributed by atoms with Crippen LogP contribution in [0.5, 0.6) is 0 Å². The highest BCUT2D eigenvalue weighted by molar-refractivity contribution is 6.03. The fraction of sp³-hybridized carbons (Fsp3) is 0.450. The van der Waals surface area contributed by atoms with Crippen LogP contribution in [0.1, 0.15) is 58.8 Å². The molecule has 0 saturated carbocycles. The molecule has 2 rings (SSSR count). The van der Waals surface area contributed by atoms with Crippen LogP contribution in [0.4, 0.5) is 11.5 Å². The Morgan fingerprint density at radius 1 is 1.19 bits per heavy atom. The van der Waals surface area contributed by atoms with Gasteiger partial charge in [0.15, 0.2) is 11.5 Å². The molecule has 31 heavy (non-hydrogen) atoms. The Labute approximate surface area is 178 Å². The number of esters is 1. The molecular weight excluding hydrogens is 406 g/mol. The maximum Gasteiger partial charge on any atom is 0.339 e. The number of amides is 1. The summed E-state index contributed by atoms with van der Waals surface area (Å²) in [4.78, 5) is 67.5. The van der Waals surface area contributed by atoms with Gasteiger partial charge in [0.05, 0.1) is 24.8 Å². The van der Waals surface area contributed by atoms with Gasteiger partial charge >= 0.3 is 11.7 Å². The standard InChI is InChI=1S/C20H27N5O6/c1-6-7-8-25-17(21)16(18(28)23-20(25)30)24(4)13(27)9-12-14(19(29)31-5)10(2)15(22-12)11(3)26/h22H,6-9,21H2,1-5H3,(H,23,28,30). The van der Waals surface area contributed by atoms with Crippen molar-refractivity contribution >= 4 is 29.2 Å². The number of likely N-dealkylation sites (N-methyl/N-ethyl adjacent to an activating group) is 1. The Balaban J connectivity index is 2.47. The number of Topliss-reactive ketones (excluding diaryl/α,β-unsaturated/α-hetero) is 1. The molecule has 0 aliphatic carbocycles. The number of carbonyl (C=O) groups is 3. The number of unbranched alkanes of at least 4 members (excludes halogenated alkanes) is 1. The van der Waals surface area contributed by atoms with E-state index in [2.05, 4.69) is 9.97 Å². The quantitative estimate of drug-likeness (QED) is 0.409. The second-order valence-electron chi connectivity index (χ2n) is 7.15. The van der Waals surface area contributed by atoms with Crippen LogP contribution in [0.3, 0.4) is 0 Å². The maximum absolute atomic E-state index is 13.0. The number of nitrogens with two attached hydrogens (primary N) is 1. The van der Waals surface area contributed by atoms with Gasteiger partial charge in [0.2, 0.25) is 5.91 Å². The number of methoxy groups -OCH3 is 1. The normalized spacial score (nSPS) is 10.7. The number of rotatable bonds is 8. The van der Waals surface area contributed by atoms with Crippen molar-refractivity contribution in [1.29, 1.82) is 0 Å². The fourth-order valence-corrected chi connectivity index (χ4v) is 3.36. The molecule has 0 atom stereocenters. The number of H-pyrrole nitrogens is 2. The van der Waals surface area contributed by atoms with E-state index in [-0.39, 0.29) is 47.2 Å². The minimum absolute atomic E-state index is 0.0873. The van der Waals surface area contributed by atoms with Crippen LogP contribution in [0, 0.1) is 6.92 Å². The number of aromatic nitrogens is 3. The SMILES string of the molecule is CCCCn1c(N)c(N(C)C(=O)Cc2[nH]c(C(C)=O)c(C)c2C(=O)OC)c(=O)[nH]c1=O. The molecule has 11 heteroatoms. The Morgan fingerprint density at radius 2 is 1.84 bits per heavy atom. The molecule has 0 spiro atoms. The first-order chi connectivity index (χ1) is 14.5. The molecule has 0 unspecified atom stereocenters. The molecule has 2 heterocycles. The predicted octanol–water partition coefficient (Wildman–Crippen LogP) is 0.750. The largest absolute Gasteiger partial charge is 0.465 e. The van der Waals surface area contributed by atoms with Crippen LogP contribution in [0.25, 0.3) is 0 Å². The van der Waals surface area contributed by atoms with Gasteiger partial charge in [-0.1, -0.05) is 13.3 Å². The van der Waals surface area contributed by atoms with Crippen LogP contribution >= 0.6 is 0 Å². The Hall–Kier alpha value is -3.63. The van der Waals surface area contributed by atoms with E-state index >= 15 is 0 Å². The summed E-state index contributed by atoms with van der Waals surface area (Å²) in [7, 11) is 2.54. The number of hydrogen-bond acceptors (Lipinski definition) is 7. The first-order valence-electron chi connectivity index (χ1n) is 9.74. The first-order valence-corrected chi connectivity index (χ1v) is 9.74. The van der Waals surface area contributed by atoms with Gasteiger partial charge in [0.25, 0.3) is 5.56 Å². The lowest BCUT2D eigenvalue weighted by Gasteiger charge is -2.20. The highest BCUT2D eigenvalue weighted by atomic mass is 16.5. The molecular formula is C20H27N5O6. The third kappa shape index (κ3) is 4.60. The average molecular weight is 433 g/mol. The molecule has 0 fully saturated rings. The third-order valence-corrected chi connectivity index (χ3v) is 5.06.